The maximum atomic E-state index is 13.2. The number of nitrogens with one attached hydrogen (secondary N) is 1. The van der Waals surface area contributed by atoms with E-state index >= 15 is 0 Å². The molecule has 0 spiro atoms. The molecule has 146 valence electrons. The highest BCUT2D eigenvalue weighted by Crippen LogP contribution is 2.34. The van der Waals surface area contributed by atoms with Crippen molar-refractivity contribution >= 4 is 26.6 Å². The molecule has 1 aliphatic rings. The Balaban J connectivity index is 1.64. The highest BCUT2D eigenvalue weighted by atomic mass is 32.2. The summed E-state index contributed by atoms with van der Waals surface area (Å²) in [6.45, 7) is 0.687. The molecular weight excluding hydrogens is 378 g/mol. The molecule has 2 aromatic heterocycles. The van der Waals surface area contributed by atoms with Gasteiger partial charge in [0.15, 0.2) is 0 Å². The van der Waals surface area contributed by atoms with E-state index < -0.39 is 10.0 Å². The number of pyridine rings is 1. The van der Waals surface area contributed by atoms with Gasteiger partial charge in [0, 0.05) is 42.5 Å². The van der Waals surface area contributed by atoms with Crippen LogP contribution in [0.1, 0.15) is 12.0 Å². The Morgan fingerprint density at radius 2 is 2.04 bits per heavy atom. The third-order valence-corrected chi connectivity index (χ3v) is 6.84. The predicted octanol–water partition coefficient (Wildman–Crippen LogP) is 3.06. The molecule has 3 heterocycles. The lowest BCUT2D eigenvalue weighted by molar-refractivity contribution is 0.386. The highest BCUT2D eigenvalue weighted by molar-refractivity contribution is 7.89. The first-order chi connectivity index (χ1) is 13.5. The number of nitrogens with zero attached hydrogens (tertiary/aromatic N) is 2. The van der Waals surface area contributed by atoms with Crippen LogP contribution in [-0.2, 0) is 10.0 Å². The van der Waals surface area contributed by atoms with Crippen molar-refractivity contribution < 1.29 is 17.9 Å². The summed E-state index contributed by atoms with van der Waals surface area (Å²) < 4.78 is 38.3. The standard InChI is InChI=1S/C20H21N3O4S/c1-26-15-5-6-18(27-2)19(12-15)28(24,25)23-10-7-14(8-11-23)17-13-22-20-16(17)4-3-9-21-20/h3-7,9,12-13H,8,10-11H2,1-2H3,(H,21,22). The van der Waals surface area contributed by atoms with Crippen LogP contribution in [0.5, 0.6) is 11.5 Å². The number of methoxy groups -OCH3 is 2. The smallest absolute Gasteiger partial charge is 0.247 e. The molecule has 0 atom stereocenters. The third kappa shape index (κ3) is 3.14. The summed E-state index contributed by atoms with van der Waals surface area (Å²) in [5, 5.41) is 1.04. The van der Waals surface area contributed by atoms with Crippen molar-refractivity contribution in [2.45, 2.75) is 11.3 Å². The molecule has 8 heteroatoms. The number of benzene rings is 1. The zero-order valence-electron chi connectivity index (χ0n) is 15.7. The number of aromatic nitrogens is 2. The second-order valence-corrected chi connectivity index (χ2v) is 8.37. The number of ether oxygens (including phenoxy) is 2. The van der Waals surface area contributed by atoms with Crippen LogP contribution in [-0.4, -0.2) is 50.0 Å². The highest BCUT2D eigenvalue weighted by Gasteiger charge is 2.30. The summed E-state index contributed by atoms with van der Waals surface area (Å²) >= 11 is 0. The molecule has 0 aliphatic carbocycles. The minimum Gasteiger partial charge on any atom is -0.497 e. The normalized spacial score (nSPS) is 15.4. The van der Waals surface area contributed by atoms with Gasteiger partial charge in [-0.15, -0.1) is 0 Å². The van der Waals surface area contributed by atoms with Gasteiger partial charge < -0.3 is 14.5 Å². The van der Waals surface area contributed by atoms with Crippen LogP contribution in [0, 0.1) is 0 Å². The van der Waals surface area contributed by atoms with Crippen LogP contribution in [0.2, 0.25) is 0 Å². The molecule has 0 saturated heterocycles. The fraction of sp³-hybridized carbons (Fsp3) is 0.250. The van der Waals surface area contributed by atoms with E-state index in [1.807, 2.05) is 24.4 Å². The van der Waals surface area contributed by atoms with Crippen molar-refractivity contribution in [2.75, 3.05) is 27.3 Å². The Labute approximate surface area is 163 Å². The molecule has 0 saturated carbocycles. The maximum absolute atomic E-state index is 13.2. The van der Waals surface area contributed by atoms with E-state index in [0.29, 0.717) is 31.0 Å². The minimum absolute atomic E-state index is 0.113. The molecule has 0 fully saturated rings. The Kier molecular flexibility index (Phi) is 4.82. The first-order valence-electron chi connectivity index (χ1n) is 8.88. The Hall–Kier alpha value is -2.84. The number of H-pyrrole nitrogens is 1. The van der Waals surface area contributed by atoms with Crippen molar-refractivity contribution in [1.29, 1.82) is 0 Å². The van der Waals surface area contributed by atoms with Crippen molar-refractivity contribution in [2.24, 2.45) is 0 Å². The summed E-state index contributed by atoms with van der Waals surface area (Å²) in [5.41, 5.74) is 3.01. The number of sulfonamides is 1. The summed E-state index contributed by atoms with van der Waals surface area (Å²) in [6, 6.07) is 8.69. The van der Waals surface area contributed by atoms with E-state index in [2.05, 4.69) is 9.97 Å². The summed E-state index contributed by atoms with van der Waals surface area (Å²) in [7, 11) is -0.746. The van der Waals surface area contributed by atoms with E-state index in [-0.39, 0.29) is 4.90 Å². The van der Waals surface area contributed by atoms with E-state index in [0.717, 1.165) is 22.2 Å². The fourth-order valence-corrected chi connectivity index (χ4v) is 5.01. The van der Waals surface area contributed by atoms with Crippen LogP contribution in [0.25, 0.3) is 16.6 Å². The molecule has 0 unspecified atom stereocenters. The molecule has 0 bridgehead atoms. The molecule has 0 amide bonds. The lowest BCUT2D eigenvalue weighted by atomic mass is 10.0. The van der Waals surface area contributed by atoms with Gasteiger partial charge in [-0.25, -0.2) is 13.4 Å². The lowest BCUT2D eigenvalue weighted by Crippen LogP contribution is -2.34. The minimum atomic E-state index is -3.71. The number of rotatable bonds is 5. The van der Waals surface area contributed by atoms with Gasteiger partial charge in [-0.1, -0.05) is 6.08 Å². The summed E-state index contributed by atoms with van der Waals surface area (Å²) in [4.78, 5) is 7.59. The third-order valence-electron chi connectivity index (χ3n) is 4.96. The van der Waals surface area contributed by atoms with Crippen LogP contribution in [0.4, 0.5) is 0 Å². The number of aromatic amines is 1. The van der Waals surface area contributed by atoms with Crippen molar-refractivity contribution in [3.8, 4) is 11.5 Å². The molecule has 7 nitrogen and oxygen atoms in total. The lowest BCUT2D eigenvalue weighted by Gasteiger charge is -2.26. The topological polar surface area (TPSA) is 84.5 Å². The molecule has 1 aliphatic heterocycles. The number of fused-ring (bicyclic) bond motifs is 1. The Bertz CT molecular complexity index is 1150. The molecule has 3 aromatic rings. The fourth-order valence-electron chi connectivity index (χ4n) is 3.46. The van der Waals surface area contributed by atoms with Gasteiger partial charge in [0.2, 0.25) is 10.0 Å². The molecule has 28 heavy (non-hydrogen) atoms. The first-order valence-corrected chi connectivity index (χ1v) is 10.3. The molecule has 1 N–H and O–H groups in total. The van der Waals surface area contributed by atoms with Gasteiger partial charge in [0.1, 0.15) is 22.0 Å². The van der Waals surface area contributed by atoms with Gasteiger partial charge in [-0.05, 0) is 36.3 Å². The SMILES string of the molecule is COc1ccc(OC)c(S(=O)(=O)N2CC=C(c3c[nH]c4ncccc34)CC2)c1. The summed E-state index contributed by atoms with van der Waals surface area (Å²) in [6.07, 6.45) is 6.25. The average molecular weight is 399 g/mol. The molecule has 0 radical (unpaired) electrons. The van der Waals surface area contributed by atoms with E-state index in [9.17, 15) is 8.42 Å². The van der Waals surface area contributed by atoms with Crippen molar-refractivity contribution in [3.05, 3.63) is 54.4 Å². The molecule has 4 rings (SSSR count). The first kappa shape index (κ1) is 18.5. The van der Waals surface area contributed by atoms with Crippen LogP contribution in [0.15, 0.2) is 53.7 Å². The maximum Gasteiger partial charge on any atom is 0.247 e. The zero-order chi connectivity index (χ0) is 19.7. The Morgan fingerprint density at radius 3 is 2.75 bits per heavy atom. The average Bonchev–Trinajstić information content (AvgIpc) is 3.17. The molecule has 1 aromatic carbocycles. The van der Waals surface area contributed by atoms with Crippen LogP contribution >= 0.6 is 0 Å². The van der Waals surface area contributed by atoms with Gasteiger partial charge in [0.25, 0.3) is 0 Å². The number of hydrogen-bond donors (Lipinski definition) is 1. The van der Waals surface area contributed by atoms with E-state index in [1.54, 1.807) is 18.3 Å². The van der Waals surface area contributed by atoms with Crippen molar-refractivity contribution in [3.63, 3.8) is 0 Å². The Morgan fingerprint density at radius 1 is 1.18 bits per heavy atom. The van der Waals surface area contributed by atoms with Gasteiger partial charge >= 0.3 is 0 Å². The second kappa shape index (κ2) is 7.29. The summed E-state index contributed by atoms with van der Waals surface area (Å²) in [5.74, 6) is 0.775. The number of hydrogen-bond acceptors (Lipinski definition) is 5. The van der Waals surface area contributed by atoms with Crippen LogP contribution in [0.3, 0.4) is 0 Å². The van der Waals surface area contributed by atoms with E-state index in [4.69, 9.17) is 9.47 Å². The monoisotopic (exact) mass is 399 g/mol. The quantitative estimate of drug-likeness (QED) is 0.713. The van der Waals surface area contributed by atoms with E-state index in [1.165, 1.54) is 24.6 Å². The largest absolute Gasteiger partial charge is 0.497 e. The van der Waals surface area contributed by atoms with Gasteiger partial charge in [-0.2, -0.15) is 4.31 Å². The van der Waals surface area contributed by atoms with Crippen molar-refractivity contribution in [1.82, 2.24) is 14.3 Å². The second-order valence-electron chi connectivity index (χ2n) is 6.46. The van der Waals surface area contributed by atoms with Gasteiger partial charge in [0.05, 0.1) is 14.2 Å². The van der Waals surface area contributed by atoms with Gasteiger partial charge in [-0.3, -0.25) is 0 Å². The predicted molar refractivity (Wildman–Crippen MR) is 107 cm³/mol. The van der Waals surface area contributed by atoms with Crippen LogP contribution < -0.4 is 9.47 Å². The zero-order valence-corrected chi connectivity index (χ0v) is 16.5. The molecular formula is C20H21N3O4S.